The molecule has 21 heavy (non-hydrogen) atoms. The minimum atomic E-state index is -1.21. The van der Waals surface area contributed by atoms with E-state index in [0.717, 1.165) is 0 Å². The Morgan fingerprint density at radius 1 is 1.05 bits per heavy atom. The first-order chi connectivity index (χ1) is 10.1. The Morgan fingerprint density at radius 3 is 2.38 bits per heavy atom. The molecule has 0 amide bonds. The fraction of sp³-hybridized carbons (Fsp3) is 0.0588. The van der Waals surface area contributed by atoms with E-state index in [1.54, 1.807) is 30.3 Å². The van der Waals surface area contributed by atoms with Crippen LogP contribution < -0.4 is 4.74 Å². The van der Waals surface area contributed by atoms with Gasteiger partial charge in [0, 0.05) is 11.1 Å². The number of hydrogen-bond donors (Lipinski definition) is 1. The molecule has 0 fully saturated rings. The van der Waals surface area contributed by atoms with E-state index in [-0.39, 0.29) is 5.57 Å². The van der Waals surface area contributed by atoms with Gasteiger partial charge in [0.15, 0.2) is 0 Å². The monoisotopic (exact) mass is 280 g/mol. The van der Waals surface area contributed by atoms with Crippen LogP contribution in [-0.4, -0.2) is 24.0 Å². The molecule has 1 aliphatic carbocycles. The van der Waals surface area contributed by atoms with Crippen LogP contribution in [0.1, 0.15) is 21.5 Å². The molecule has 104 valence electrons. The molecule has 3 rings (SSSR count). The first-order valence-electron chi connectivity index (χ1n) is 6.39. The van der Waals surface area contributed by atoms with Crippen molar-refractivity contribution in [2.45, 2.75) is 0 Å². The summed E-state index contributed by atoms with van der Waals surface area (Å²) in [5.74, 6) is -1.16. The number of aliphatic carboxylic acids is 1. The minimum absolute atomic E-state index is 0.190. The number of benzene rings is 2. The lowest BCUT2D eigenvalue weighted by Crippen LogP contribution is -2.09. The highest BCUT2D eigenvalue weighted by Gasteiger charge is 2.34. The number of carboxylic acid groups (broad SMARTS) is 1. The smallest absolute Gasteiger partial charge is 0.340 e. The number of rotatable bonds is 3. The van der Waals surface area contributed by atoms with Gasteiger partial charge in [0.05, 0.1) is 7.11 Å². The van der Waals surface area contributed by atoms with E-state index in [1.165, 1.54) is 7.11 Å². The molecule has 0 aliphatic heterocycles. The fourth-order valence-corrected chi connectivity index (χ4v) is 2.55. The lowest BCUT2D eigenvalue weighted by atomic mass is 9.97. The molecule has 0 heterocycles. The summed E-state index contributed by atoms with van der Waals surface area (Å²) in [6.45, 7) is 0. The number of ketones is 1. The molecule has 0 spiro atoms. The summed E-state index contributed by atoms with van der Waals surface area (Å²) >= 11 is 0. The van der Waals surface area contributed by atoms with E-state index < -0.39 is 11.8 Å². The van der Waals surface area contributed by atoms with Gasteiger partial charge >= 0.3 is 5.97 Å². The Bertz CT molecular complexity index is 773. The second kappa shape index (κ2) is 4.90. The molecule has 4 heteroatoms. The molecular weight excluding hydrogens is 268 g/mol. The van der Waals surface area contributed by atoms with Gasteiger partial charge in [0.25, 0.3) is 0 Å². The van der Waals surface area contributed by atoms with E-state index in [1.807, 2.05) is 18.2 Å². The highest BCUT2D eigenvalue weighted by atomic mass is 16.5. The fourth-order valence-electron chi connectivity index (χ4n) is 2.55. The summed E-state index contributed by atoms with van der Waals surface area (Å²) in [4.78, 5) is 23.9. The number of carbonyl (C=O) groups excluding carboxylic acids is 1. The largest absolute Gasteiger partial charge is 0.497 e. The van der Waals surface area contributed by atoms with Crippen molar-refractivity contribution in [3.05, 3.63) is 70.8 Å². The molecule has 0 aromatic heterocycles. The molecule has 2 aromatic rings. The van der Waals surface area contributed by atoms with Crippen LogP contribution in [-0.2, 0) is 4.79 Å². The van der Waals surface area contributed by atoms with Crippen molar-refractivity contribution in [2.75, 3.05) is 7.11 Å². The van der Waals surface area contributed by atoms with Crippen LogP contribution in [0.4, 0.5) is 0 Å². The Balaban J connectivity index is 2.28. The third kappa shape index (κ3) is 2.01. The zero-order valence-electron chi connectivity index (χ0n) is 11.3. The van der Waals surface area contributed by atoms with Crippen molar-refractivity contribution in [2.24, 2.45) is 0 Å². The Kier molecular flexibility index (Phi) is 3.06. The van der Waals surface area contributed by atoms with Crippen LogP contribution in [0.2, 0.25) is 0 Å². The molecule has 1 N–H and O–H groups in total. The third-order valence-corrected chi connectivity index (χ3v) is 3.49. The standard InChI is InChI=1S/C17H12O4/c1-21-11-7-8-12-13(9-11)16(18)15(17(19)20)14(12)10-5-3-2-4-6-10/h2-9H,1H3,(H,19,20). The summed E-state index contributed by atoms with van der Waals surface area (Å²) in [5.41, 5.74) is 1.98. The van der Waals surface area contributed by atoms with Crippen molar-refractivity contribution in [3.8, 4) is 5.75 Å². The number of fused-ring (bicyclic) bond motifs is 1. The predicted octanol–water partition coefficient (Wildman–Crippen LogP) is 2.78. The first kappa shape index (κ1) is 13.1. The van der Waals surface area contributed by atoms with Crippen molar-refractivity contribution in [3.63, 3.8) is 0 Å². The van der Waals surface area contributed by atoms with Gasteiger partial charge in [-0.25, -0.2) is 4.79 Å². The maximum atomic E-state index is 12.4. The molecule has 0 bridgehead atoms. The Morgan fingerprint density at radius 2 is 1.76 bits per heavy atom. The first-order valence-corrected chi connectivity index (χ1v) is 6.39. The number of ether oxygens (including phenoxy) is 1. The van der Waals surface area contributed by atoms with Gasteiger partial charge in [0.1, 0.15) is 11.3 Å². The zero-order valence-corrected chi connectivity index (χ0v) is 11.3. The molecule has 1 aliphatic rings. The van der Waals surface area contributed by atoms with Gasteiger partial charge in [-0.3, -0.25) is 4.79 Å². The quantitative estimate of drug-likeness (QED) is 0.878. The molecular formula is C17H12O4. The summed E-state index contributed by atoms with van der Waals surface area (Å²) in [6.07, 6.45) is 0. The van der Waals surface area contributed by atoms with Gasteiger partial charge in [-0.05, 0) is 29.3 Å². The number of Topliss-reactive ketones (excluding diaryl/α,β-unsaturated/α-hetero) is 1. The van der Waals surface area contributed by atoms with Crippen LogP contribution in [0.5, 0.6) is 5.75 Å². The lowest BCUT2D eigenvalue weighted by Gasteiger charge is -2.07. The van der Waals surface area contributed by atoms with Crippen LogP contribution in [0.15, 0.2) is 54.1 Å². The number of carboxylic acids is 1. The molecule has 0 radical (unpaired) electrons. The molecule has 0 saturated carbocycles. The molecule has 4 nitrogen and oxygen atoms in total. The number of hydrogen-bond acceptors (Lipinski definition) is 3. The van der Waals surface area contributed by atoms with Gasteiger partial charge in [-0.1, -0.05) is 30.3 Å². The van der Waals surface area contributed by atoms with Gasteiger partial charge < -0.3 is 9.84 Å². The van der Waals surface area contributed by atoms with Crippen LogP contribution in [0, 0.1) is 0 Å². The van der Waals surface area contributed by atoms with E-state index >= 15 is 0 Å². The molecule has 0 saturated heterocycles. The number of carbonyl (C=O) groups is 2. The summed E-state index contributed by atoms with van der Waals surface area (Å²) < 4.78 is 5.11. The SMILES string of the molecule is COc1ccc2c(c1)C(=O)C(C(=O)O)=C2c1ccccc1. The highest BCUT2D eigenvalue weighted by molar-refractivity contribution is 6.34. The third-order valence-electron chi connectivity index (χ3n) is 3.49. The van der Waals surface area contributed by atoms with Gasteiger partial charge in [-0.15, -0.1) is 0 Å². The van der Waals surface area contributed by atoms with Crippen molar-refractivity contribution >= 4 is 17.3 Å². The second-order valence-electron chi connectivity index (χ2n) is 4.66. The topological polar surface area (TPSA) is 63.6 Å². The van der Waals surface area contributed by atoms with Crippen LogP contribution >= 0.6 is 0 Å². The van der Waals surface area contributed by atoms with E-state index in [2.05, 4.69) is 0 Å². The minimum Gasteiger partial charge on any atom is -0.497 e. The van der Waals surface area contributed by atoms with Gasteiger partial charge in [0.2, 0.25) is 5.78 Å². The van der Waals surface area contributed by atoms with E-state index in [0.29, 0.717) is 28.0 Å². The van der Waals surface area contributed by atoms with Gasteiger partial charge in [-0.2, -0.15) is 0 Å². The lowest BCUT2D eigenvalue weighted by molar-refractivity contribution is -0.132. The second-order valence-corrected chi connectivity index (χ2v) is 4.66. The van der Waals surface area contributed by atoms with Crippen molar-refractivity contribution in [1.29, 1.82) is 0 Å². The number of methoxy groups -OCH3 is 1. The highest BCUT2D eigenvalue weighted by Crippen LogP contribution is 2.39. The Labute approximate surface area is 121 Å². The normalized spacial score (nSPS) is 13.3. The van der Waals surface area contributed by atoms with Crippen LogP contribution in [0.3, 0.4) is 0 Å². The predicted molar refractivity (Wildman–Crippen MR) is 77.4 cm³/mol. The van der Waals surface area contributed by atoms with Crippen molar-refractivity contribution < 1.29 is 19.4 Å². The van der Waals surface area contributed by atoms with E-state index in [9.17, 15) is 14.7 Å². The summed E-state index contributed by atoms with van der Waals surface area (Å²) in [7, 11) is 1.50. The van der Waals surface area contributed by atoms with Crippen LogP contribution in [0.25, 0.3) is 5.57 Å². The molecule has 0 atom stereocenters. The maximum absolute atomic E-state index is 12.4. The molecule has 0 unspecified atom stereocenters. The Hall–Kier alpha value is -2.88. The summed E-state index contributed by atoms with van der Waals surface area (Å²) in [6, 6.07) is 14.1. The zero-order chi connectivity index (χ0) is 15.0. The maximum Gasteiger partial charge on any atom is 0.340 e. The van der Waals surface area contributed by atoms with Crippen molar-refractivity contribution in [1.82, 2.24) is 0 Å². The molecule has 2 aromatic carbocycles. The average Bonchev–Trinajstić information content (AvgIpc) is 2.81. The van der Waals surface area contributed by atoms with E-state index in [4.69, 9.17) is 4.74 Å². The average molecular weight is 280 g/mol. The summed E-state index contributed by atoms with van der Waals surface area (Å²) in [5, 5.41) is 9.40.